The van der Waals surface area contributed by atoms with Crippen molar-refractivity contribution in [2.24, 2.45) is 0 Å². The topological polar surface area (TPSA) is 78.9 Å². The maximum atomic E-state index is 12.7. The van der Waals surface area contributed by atoms with E-state index >= 15 is 0 Å². The van der Waals surface area contributed by atoms with Gasteiger partial charge in [0.05, 0.1) is 0 Å². The van der Waals surface area contributed by atoms with E-state index in [1.807, 2.05) is 79.0 Å². The summed E-state index contributed by atoms with van der Waals surface area (Å²) in [5.74, 6) is -1.07. The number of unbranched alkanes of at least 4 members (excludes halogenated alkanes) is 18. The fourth-order valence-electron chi connectivity index (χ4n) is 6.35. The molecule has 0 aliphatic carbocycles. The first-order valence-electron chi connectivity index (χ1n) is 25.1. The van der Waals surface area contributed by atoms with Crippen LogP contribution in [0.15, 0.2) is 122 Å². The summed E-state index contributed by atoms with van der Waals surface area (Å²) in [5.41, 5.74) is 0. The van der Waals surface area contributed by atoms with Gasteiger partial charge in [-0.2, -0.15) is 0 Å². The Hall–Kier alpha value is -4.19. The number of carbonyl (C=O) groups is 3. The van der Waals surface area contributed by atoms with Gasteiger partial charge in [0.15, 0.2) is 6.10 Å². The van der Waals surface area contributed by atoms with Gasteiger partial charge in [-0.1, -0.05) is 219 Å². The summed E-state index contributed by atoms with van der Waals surface area (Å²) < 4.78 is 16.7. The molecule has 0 heterocycles. The van der Waals surface area contributed by atoms with Crippen molar-refractivity contribution in [2.75, 3.05) is 13.2 Å². The van der Waals surface area contributed by atoms with Gasteiger partial charge in [0, 0.05) is 19.3 Å². The number of esters is 3. The molecule has 6 nitrogen and oxygen atoms in total. The second-order valence-electron chi connectivity index (χ2n) is 16.2. The minimum absolute atomic E-state index is 0.127. The normalized spacial score (nSPS) is 13.1. The van der Waals surface area contributed by atoms with E-state index < -0.39 is 12.1 Å². The highest BCUT2D eigenvalue weighted by Gasteiger charge is 2.19. The van der Waals surface area contributed by atoms with Crippen LogP contribution in [0.3, 0.4) is 0 Å². The molecule has 0 aliphatic rings. The summed E-state index contributed by atoms with van der Waals surface area (Å²) in [5, 5.41) is 0. The summed E-state index contributed by atoms with van der Waals surface area (Å²) in [4.78, 5) is 37.9. The molecule has 0 amide bonds. The van der Waals surface area contributed by atoms with E-state index in [4.69, 9.17) is 14.2 Å². The van der Waals surface area contributed by atoms with Crippen LogP contribution in [-0.2, 0) is 28.6 Å². The maximum absolute atomic E-state index is 12.7. The van der Waals surface area contributed by atoms with Crippen LogP contribution in [0.1, 0.15) is 201 Å². The fraction of sp³-hybridized carbons (Fsp3) is 0.596. The first-order chi connectivity index (χ1) is 31.0. The molecule has 0 saturated heterocycles. The average Bonchev–Trinajstić information content (AvgIpc) is 3.28. The lowest BCUT2D eigenvalue weighted by atomic mass is 10.1. The molecule has 0 rings (SSSR count). The van der Waals surface area contributed by atoms with Gasteiger partial charge in [0.2, 0.25) is 0 Å². The monoisotopic (exact) mass is 871 g/mol. The second kappa shape index (κ2) is 50.5. The molecule has 0 bridgehead atoms. The van der Waals surface area contributed by atoms with Crippen LogP contribution >= 0.6 is 0 Å². The van der Waals surface area contributed by atoms with Crippen LogP contribution in [-0.4, -0.2) is 37.2 Å². The van der Waals surface area contributed by atoms with E-state index in [9.17, 15) is 14.4 Å². The van der Waals surface area contributed by atoms with Crippen molar-refractivity contribution in [1.82, 2.24) is 0 Å². The van der Waals surface area contributed by atoms with Gasteiger partial charge >= 0.3 is 17.9 Å². The Morgan fingerprint density at radius 3 is 1.17 bits per heavy atom. The number of carbonyl (C=O) groups excluding carboxylic acids is 3. The lowest BCUT2D eigenvalue weighted by molar-refractivity contribution is -0.166. The van der Waals surface area contributed by atoms with Crippen molar-refractivity contribution < 1.29 is 28.6 Å². The van der Waals surface area contributed by atoms with Crippen LogP contribution < -0.4 is 0 Å². The smallest absolute Gasteiger partial charge is 0.306 e. The number of hydrogen-bond acceptors (Lipinski definition) is 6. The van der Waals surface area contributed by atoms with Crippen molar-refractivity contribution in [2.45, 2.75) is 207 Å². The Morgan fingerprint density at radius 2 is 0.714 bits per heavy atom. The molecule has 0 aromatic carbocycles. The third-order valence-corrected chi connectivity index (χ3v) is 10.1. The zero-order valence-corrected chi connectivity index (χ0v) is 40.3. The molecule has 0 spiro atoms. The van der Waals surface area contributed by atoms with Crippen molar-refractivity contribution in [1.29, 1.82) is 0 Å². The Bertz CT molecular complexity index is 1370. The van der Waals surface area contributed by atoms with E-state index in [0.717, 1.165) is 70.6 Å². The Kier molecular flexibility index (Phi) is 47.1. The van der Waals surface area contributed by atoms with E-state index in [0.29, 0.717) is 19.3 Å². The Labute approximate surface area is 386 Å². The summed E-state index contributed by atoms with van der Waals surface area (Å²) in [6.07, 6.45) is 69.0. The predicted molar refractivity (Wildman–Crippen MR) is 269 cm³/mol. The third kappa shape index (κ3) is 48.7. The molecule has 0 saturated carbocycles. The van der Waals surface area contributed by atoms with Gasteiger partial charge in [-0.15, -0.1) is 0 Å². The van der Waals surface area contributed by atoms with Gasteiger partial charge < -0.3 is 14.2 Å². The summed E-state index contributed by atoms with van der Waals surface area (Å²) in [6.45, 7) is 6.35. The summed E-state index contributed by atoms with van der Waals surface area (Å²) in [7, 11) is 0. The highest BCUT2D eigenvalue weighted by atomic mass is 16.6. The van der Waals surface area contributed by atoms with Crippen LogP contribution in [0, 0.1) is 0 Å². The van der Waals surface area contributed by atoms with Crippen molar-refractivity contribution in [3.8, 4) is 0 Å². The van der Waals surface area contributed by atoms with E-state index in [2.05, 4.69) is 63.3 Å². The Balaban J connectivity index is 4.59. The van der Waals surface area contributed by atoms with Crippen LogP contribution in [0.5, 0.6) is 0 Å². The van der Waals surface area contributed by atoms with E-state index in [1.54, 1.807) is 0 Å². The fourth-order valence-corrected chi connectivity index (χ4v) is 6.35. The standard InChI is InChI=1S/C57H90O6/c1-4-7-10-13-16-19-22-25-26-27-28-29-30-33-35-38-41-44-47-50-56(59)62-53-54(63-57(60)51-48-45-42-39-36-32-24-21-18-15-12-9-6-3)52-61-55(58)49-46-43-40-37-34-31-23-20-17-14-11-8-5-2/h7,10,13,16,19,22,25-36,42,45,54H,4-6,8-9,11-12,14-15,17-18,20-21,23-24,37-41,43-44,46-53H2,1-3H3/b10-7-,16-13-,22-19-,26-25-,28-27+,30-29-,34-31-,35-33-,36-32-,45-42-. The van der Waals surface area contributed by atoms with Crippen molar-refractivity contribution in [3.63, 3.8) is 0 Å². The van der Waals surface area contributed by atoms with E-state index in [1.165, 1.54) is 77.0 Å². The van der Waals surface area contributed by atoms with Gasteiger partial charge in [-0.3, -0.25) is 14.4 Å². The SMILES string of the molecule is CC\C=C/C=C\C=C/C=C\C=C\C=C/C=C\CCCCCC(=O)OCC(COC(=O)CCCCC/C=C\CCCCCCCC)OC(=O)CC/C=C\C/C=C\CCCCCCCC. The lowest BCUT2D eigenvalue weighted by Gasteiger charge is -2.18. The molecule has 6 heteroatoms. The number of ether oxygens (including phenoxy) is 3. The van der Waals surface area contributed by atoms with Gasteiger partial charge in [-0.05, 0) is 83.5 Å². The Morgan fingerprint density at radius 1 is 0.349 bits per heavy atom. The van der Waals surface area contributed by atoms with Crippen molar-refractivity contribution in [3.05, 3.63) is 122 Å². The number of allylic oxidation sites excluding steroid dienone is 20. The quantitative estimate of drug-likeness (QED) is 0.0200. The van der Waals surface area contributed by atoms with Crippen LogP contribution in [0.4, 0.5) is 0 Å². The molecule has 1 unspecified atom stereocenters. The minimum atomic E-state index is -0.836. The molecule has 0 fully saturated rings. The van der Waals surface area contributed by atoms with Crippen molar-refractivity contribution >= 4 is 17.9 Å². The third-order valence-electron chi connectivity index (χ3n) is 10.1. The van der Waals surface area contributed by atoms with Gasteiger partial charge in [0.1, 0.15) is 13.2 Å². The van der Waals surface area contributed by atoms with Crippen LogP contribution in [0.2, 0.25) is 0 Å². The molecule has 0 N–H and O–H groups in total. The van der Waals surface area contributed by atoms with Gasteiger partial charge in [0.25, 0.3) is 0 Å². The van der Waals surface area contributed by atoms with Gasteiger partial charge in [-0.25, -0.2) is 0 Å². The van der Waals surface area contributed by atoms with E-state index in [-0.39, 0.29) is 38.0 Å². The highest BCUT2D eigenvalue weighted by molar-refractivity contribution is 5.71. The molecule has 0 aromatic heterocycles. The molecular weight excluding hydrogens is 781 g/mol. The highest BCUT2D eigenvalue weighted by Crippen LogP contribution is 2.12. The molecular formula is C57H90O6. The number of hydrogen-bond donors (Lipinski definition) is 0. The maximum Gasteiger partial charge on any atom is 0.306 e. The number of rotatable bonds is 43. The molecule has 0 radical (unpaired) electrons. The first kappa shape index (κ1) is 58.8. The van der Waals surface area contributed by atoms with Crippen LogP contribution in [0.25, 0.3) is 0 Å². The lowest BCUT2D eigenvalue weighted by Crippen LogP contribution is -2.30. The summed E-state index contributed by atoms with van der Waals surface area (Å²) >= 11 is 0. The largest absolute Gasteiger partial charge is 0.462 e. The molecule has 0 aliphatic heterocycles. The average molecular weight is 871 g/mol. The second-order valence-corrected chi connectivity index (χ2v) is 16.2. The summed E-state index contributed by atoms with van der Waals surface area (Å²) in [6, 6.07) is 0. The zero-order chi connectivity index (χ0) is 45.8. The molecule has 63 heavy (non-hydrogen) atoms. The zero-order valence-electron chi connectivity index (χ0n) is 40.3. The minimum Gasteiger partial charge on any atom is -0.462 e. The molecule has 0 aromatic rings. The molecule has 354 valence electrons. The molecule has 1 atom stereocenters. The predicted octanol–water partition coefficient (Wildman–Crippen LogP) is 16.5. The first-order valence-corrected chi connectivity index (χ1v) is 25.1.